The highest BCUT2D eigenvalue weighted by Crippen LogP contribution is 2.39. The summed E-state index contributed by atoms with van der Waals surface area (Å²) in [6.45, 7) is 4.09. The highest BCUT2D eigenvalue weighted by Gasteiger charge is 2.27. The fourth-order valence-electron chi connectivity index (χ4n) is 5.37. The molecule has 14 heteroatoms. The Kier molecular flexibility index (Phi) is 8.92. The van der Waals surface area contributed by atoms with Gasteiger partial charge in [0.25, 0.3) is 0 Å². The molecule has 4 aromatic rings. The zero-order valence-corrected chi connectivity index (χ0v) is 26.9. The molecule has 0 bridgehead atoms. The van der Waals surface area contributed by atoms with E-state index >= 15 is 0 Å². The number of aryl methyl sites for hydroxylation is 1. The molecule has 0 spiro atoms. The lowest BCUT2D eigenvalue weighted by Crippen LogP contribution is -2.31. The first-order valence-electron chi connectivity index (χ1n) is 14.3. The molecular weight excluding hydrogens is 582 g/mol. The number of hydrogen-bond donors (Lipinski definition) is 2. The monoisotopic (exact) mass is 621 g/mol. The summed E-state index contributed by atoms with van der Waals surface area (Å²) in [7, 11) is 5.25. The number of anilines is 6. The number of benzene rings is 2. The summed E-state index contributed by atoms with van der Waals surface area (Å²) in [4.78, 5) is 22.6. The first-order chi connectivity index (χ1) is 21.0. The van der Waals surface area contributed by atoms with Crippen LogP contribution in [0.2, 0.25) is 0 Å². The third-order valence-electron chi connectivity index (χ3n) is 7.92. The first kappa shape index (κ1) is 31.0. The number of rotatable bonds is 11. The molecule has 13 nitrogen and oxygen atoms in total. The SMILES string of the molecule is CCc1cc(Nc2ncc(OC)c(Nc3ccc4nccnc4c3N(C)S(C)(=O)=O)n2)c(OC)cc1N1CCC(N(C)C)C1. The van der Waals surface area contributed by atoms with Gasteiger partial charge in [0.1, 0.15) is 17.0 Å². The van der Waals surface area contributed by atoms with Crippen LogP contribution in [0.5, 0.6) is 11.5 Å². The molecule has 1 atom stereocenters. The van der Waals surface area contributed by atoms with Gasteiger partial charge in [0.15, 0.2) is 11.6 Å². The number of likely N-dealkylation sites (N-methyl/N-ethyl adjacent to an activating group) is 1. The smallest absolute Gasteiger partial charge is 0.232 e. The number of nitrogens with zero attached hydrogens (tertiary/aromatic N) is 7. The van der Waals surface area contributed by atoms with Crippen LogP contribution in [0, 0.1) is 0 Å². The standard InChI is InChI=1S/C30H39N9O4S/c1-8-19-15-23(25(42-5)16-24(19)39-14-11-20(18-39)37(2)3)35-30-33-17-26(43-6)29(36-30)34-22-10-9-21-27(32-13-12-31-21)28(22)38(4)44(7,40)41/h9-10,12-13,15-17,20H,8,11,14,18H2,1-7H3,(H2,33,34,35,36). The molecule has 2 aromatic heterocycles. The number of fused-ring (bicyclic) bond motifs is 1. The normalized spacial score (nSPS) is 15.1. The van der Waals surface area contributed by atoms with Crippen molar-refractivity contribution in [3.8, 4) is 11.5 Å². The summed E-state index contributed by atoms with van der Waals surface area (Å²) in [5.74, 6) is 1.66. The highest BCUT2D eigenvalue weighted by atomic mass is 32.2. The molecule has 0 amide bonds. The molecule has 234 valence electrons. The van der Waals surface area contributed by atoms with Gasteiger partial charge >= 0.3 is 0 Å². The van der Waals surface area contributed by atoms with Crippen molar-refractivity contribution in [1.29, 1.82) is 0 Å². The van der Waals surface area contributed by atoms with Crippen LogP contribution < -0.4 is 29.3 Å². The Hall–Kier alpha value is -4.43. The van der Waals surface area contributed by atoms with Gasteiger partial charge in [-0.25, -0.2) is 13.4 Å². The molecule has 2 N–H and O–H groups in total. The van der Waals surface area contributed by atoms with E-state index in [0.717, 1.165) is 37.9 Å². The van der Waals surface area contributed by atoms with Crippen LogP contribution in [-0.2, 0) is 16.4 Å². The second-order valence-electron chi connectivity index (χ2n) is 10.9. The Morgan fingerprint density at radius 1 is 1.00 bits per heavy atom. The van der Waals surface area contributed by atoms with E-state index < -0.39 is 10.0 Å². The number of ether oxygens (including phenoxy) is 2. The highest BCUT2D eigenvalue weighted by molar-refractivity contribution is 7.92. The van der Waals surface area contributed by atoms with Crippen molar-refractivity contribution < 1.29 is 17.9 Å². The second kappa shape index (κ2) is 12.7. The lowest BCUT2D eigenvalue weighted by Gasteiger charge is -2.25. The van der Waals surface area contributed by atoms with E-state index in [-0.39, 0.29) is 0 Å². The third kappa shape index (κ3) is 6.26. The molecule has 0 saturated carbocycles. The minimum atomic E-state index is -3.63. The molecule has 1 aliphatic heterocycles. The van der Waals surface area contributed by atoms with Gasteiger partial charge in [-0.15, -0.1) is 0 Å². The molecular formula is C30H39N9O4S. The van der Waals surface area contributed by atoms with Crippen LogP contribution in [0.1, 0.15) is 18.9 Å². The number of aromatic nitrogens is 4. The zero-order valence-electron chi connectivity index (χ0n) is 26.1. The molecule has 1 aliphatic rings. The molecule has 3 heterocycles. The molecule has 0 aliphatic carbocycles. The van der Waals surface area contributed by atoms with Gasteiger partial charge < -0.3 is 29.9 Å². The summed E-state index contributed by atoms with van der Waals surface area (Å²) >= 11 is 0. The van der Waals surface area contributed by atoms with E-state index in [2.05, 4.69) is 68.5 Å². The van der Waals surface area contributed by atoms with Gasteiger partial charge in [-0.05, 0) is 50.7 Å². The number of nitrogens with one attached hydrogen (secondary N) is 2. The van der Waals surface area contributed by atoms with Crippen molar-refractivity contribution in [3.05, 3.63) is 48.4 Å². The topological polar surface area (TPSA) is 138 Å². The van der Waals surface area contributed by atoms with E-state index in [9.17, 15) is 8.42 Å². The number of sulfonamides is 1. The molecule has 0 radical (unpaired) electrons. The van der Waals surface area contributed by atoms with Gasteiger partial charge in [0.2, 0.25) is 16.0 Å². The van der Waals surface area contributed by atoms with Crippen molar-refractivity contribution in [2.45, 2.75) is 25.8 Å². The van der Waals surface area contributed by atoms with Crippen molar-refractivity contribution >= 4 is 55.6 Å². The minimum Gasteiger partial charge on any atom is -0.494 e. The Labute approximate surface area is 258 Å². The molecule has 1 fully saturated rings. The van der Waals surface area contributed by atoms with E-state index in [4.69, 9.17) is 14.5 Å². The minimum absolute atomic E-state index is 0.300. The Bertz CT molecular complexity index is 1770. The first-order valence-corrected chi connectivity index (χ1v) is 16.1. The zero-order chi connectivity index (χ0) is 31.6. The average molecular weight is 622 g/mol. The van der Waals surface area contributed by atoms with Crippen LogP contribution >= 0.6 is 0 Å². The summed E-state index contributed by atoms with van der Waals surface area (Å²) in [5, 5.41) is 6.56. The van der Waals surface area contributed by atoms with Crippen LogP contribution in [0.4, 0.5) is 34.5 Å². The van der Waals surface area contributed by atoms with Crippen LogP contribution in [-0.4, -0.2) is 94.0 Å². The van der Waals surface area contributed by atoms with Gasteiger partial charge in [0.05, 0.1) is 43.6 Å². The van der Waals surface area contributed by atoms with E-state index in [1.54, 1.807) is 31.6 Å². The summed E-state index contributed by atoms with van der Waals surface area (Å²) in [6.07, 6.45) is 7.71. The number of hydrogen-bond acceptors (Lipinski definition) is 12. The van der Waals surface area contributed by atoms with E-state index in [1.807, 2.05) is 0 Å². The quantitative estimate of drug-likeness (QED) is 0.250. The maximum absolute atomic E-state index is 12.6. The predicted octanol–water partition coefficient (Wildman–Crippen LogP) is 4.02. The van der Waals surface area contributed by atoms with Gasteiger partial charge in [0, 0.05) is 50.3 Å². The fraction of sp³-hybridized carbons (Fsp3) is 0.400. The fourth-order valence-corrected chi connectivity index (χ4v) is 5.88. The summed E-state index contributed by atoms with van der Waals surface area (Å²) in [6, 6.07) is 8.16. The molecule has 44 heavy (non-hydrogen) atoms. The summed E-state index contributed by atoms with van der Waals surface area (Å²) in [5.41, 5.74) is 4.83. The Morgan fingerprint density at radius 2 is 1.75 bits per heavy atom. The van der Waals surface area contributed by atoms with Crippen LogP contribution in [0.3, 0.4) is 0 Å². The Morgan fingerprint density at radius 3 is 2.41 bits per heavy atom. The molecule has 5 rings (SSSR count). The van der Waals surface area contributed by atoms with Crippen LogP contribution in [0.25, 0.3) is 11.0 Å². The van der Waals surface area contributed by atoms with Gasteiger partial charge in [-0.1, -0.05) is 6.92 Å². The van der Waals surface area contributed by atoms with E-state index in [0.29, 0.717) is 51.7 Å². The van der Waals surface area contributed by atoms with Crippen molar-refractivity contribution in [2.24, 2.45) is 0 Å². The predicted molar refractivity (Wildman–Crippen MR) is 175 cm³/mol. The Balaban J connectivity index is 1.50. The van der Waals surface area contributed by atoms with Crippen molar-refractivity contribution in [3.63, 3.8) is 0 Å². The molecule has 1 unspecified atom stereocenters. The second-order valence-corrected chi connectivity index (χ2v) is 12.9. The molecule has 2 aromatic carbocycles. The number of methoxy groups -OCH3 is 2. The maximum Gasteiger partial charge on any atom is 0.232 e. The van der Waals surface area contributed by atoms with Crippen molar-refractivity contribution in [2.75, 3.05) is 74.5 Å². The van der Waals surface area contributed by atoms with Crippen molar-refractivity contribution in [1.82, 2.24) is 24.8 Å². The average Bonchev–Trinajstić information content (AvgIpc) is 3.51. The third-order valence-corrected chi connectivity index (χ3v) is 9.09. The van der Waals surface area contributed by atoms with Crippen LogP contribution in [0.15, 0.2) is 42.9 Å². The van der Waals surface area contributed by atoms with Gasteiger partial charge in [-0.3, -0.25) is 14.3 Å². The maximum atomic E-state index is 12.6. The van der Waals surface area contributed by atoms with Gasteiger partial charge in [-0.2, -0.15) is 4.98 Å². The van der Waals surface area contributed by atoms with E-state index in [1.165, 1.54) is 35.9 Å². The molecule has 1 saturated heterocycles. The lowest BCUT2D eigenvalue weighted by molar-refractivity contribution is 0.315. The largest absolute Gasteiger partial charge is 0.494 e. The lowest BCUT2D eigenvalue weighted by atomic mass is 10.1. The summed E-state index contributed by atoms with van der Waals surface area (Å²) < 4.78 is 37.7.